The standard InChI is InChI=1S/C18H17N3O4S/c1-11-17(13-4-7-15-16(10-13)25-9-8-24-15)18(21-20-11)12-2-5-14(6-3-12)26(19,22)23/h2-7,10H,8-9H2,1H3,(H,20,21)(H2,19,22,23). The van der Waals surface area contributed by atoms with E-state index in [-0.39, 0.29) is 4.90 Å². The molecule has 134 valence electrons. The molecule has 0 unspecified atom stereocenters. The number of benzene rings is 2. The summed E-state index contributed by atoms with van der Waals surface area (Å²) in [4.78, 5) is 0.0642. The van der Waals surface area contributed by atoms with Gasteiger partial charge in [-0.25, -0.2) is 13.6 Å². The second-order valence-electron chi connectivity index (χ2n) is 6.00. The van der Waals surface area contributed by atoms with Crippen LogP contribution in [0.4, 0.5) is 0 Å². The summed E-state index contributed by atoms with van der Waals surface area (Å²) in [5.74, 6) is 1.42. The molecule has 0 saturated heterocycles. The number of primary sulfonamides is 1. The van der Waals surface area contributed by atoms with Crippen molar-refractivity contribution in [3.8, 4) is 33.9 Å². The number of aromatic nitrogens is 2. The van der Waals surface area contributed by atoms with E-state index >= 15 is 0 Å². The summed E-state index contributed by atoms with van der Waals surface area (Å²) in [5, 5.41) is 12.5. The Labute approximate surface area is 150 Å². The van der Waals surface area contributed by atoms with Gasteiger partial charge in [0.25, 0.3) is 0 Å². The third-order valence-corrected chi connectivity index (χ3v) is 5.16. The van der Waals surface area contributed by atoms with Gasteiger partial charge in [0.15, 0.2) is 11.5 Å². The van der Waals surface area contributed by atoms with Crippen molar-refractivity contribution in [2.45, 2.75) is 11.8 Å². The van der Waals surface area contributed by atoms with Crippen molar-refractivity contribution in [3.63, 3.8) is 0 Å². The van der Waals surface area contributed by atoms with Crippen LogP contribution in [0.3, 0.4) is 0 Å². The van der Waals surface area contributed by atoms with Gasteiger partial charge in [-0.1, -0.05) is 18.2 Å². The van der Waals surface area contributed by atoms with E-state index in [9.17, 15) is 8.42 Å². The molecule has 0 saturated carbocycles. The van der Waals surface area contributed by atoms with Crippen molar-refractivity contribution in [3.05, 3.63) is 48.2 Å². The number of aryl methyl sites for hydroxylation is 1. The number of hydrogen-bond acceptors (Lipinski definition) is 5. The first kappa shape index (κ1) is 16.6. The SMILES string of the molecule is Cc1[nH]nc(-c2ccc(S(N)(=O)=O)cc2)c1-c1ccc2c(c1)OCCO2. The molecule has 0 spiro atoms. The van der Waals surface area contributed by atoms with Crippen LogP contribution in [0.1, 0.15) is 5.69 Å². The molecule has 26 heavy (non-hydrogen) atoms. The summed E-state index contributed by atoms with van der Waals surface area (Å²) < 4.78 is 34.1. The van der Waals surface area contributed by atoms with Crippen LogP contribution in [0.25, 0.3) is 22.4 Å². The molecule has 0 fully saturated rings. The number of ether oxygens (including phenoxy) is 2. The zero-order valence-electron chi connectivity index (χ0n) is 14.0. The summed E-state index contributed by atoms with van der Waals surface area (Å²) in [6.07, 6.45) is 0. The summed E-state index contributed by atoms with van der Waals surface area (Å²) in [6.45, 7) is 2.99. The van der Waals surface area contributed by atoms with E-state index in [0.29, 0.717) is 19.0 Å². The van der Waals surface area contributed by atoms with Gasteiger partial charge in [-0.3, -0.25) is 5.10 Å². The lowest BCUT2D eigenvalue weighted by molar-refractivity contribution is 0.171. The lowest BCUT2D eigenvalue weighted by atomic mass is 9.99. The smallest absolute Gasteiger partial charge is 0.238 e. The first-order chi connectivity index (χ1) is 12.4. The molecular formula is C18H17N3O4S. The molecule has 2 heterocycles. The Kier molecular flexibility index (Phi) is 3.93. The molecule has 3 aromatic rings. The van der Waals surface area contributed by atoms with E-state index in [1.54, 1.807) is 12.1 Å². The summed E-state index contributed by atoms with van der Waals surface area (Å²) in [7, 11) is -3.73. The number of aromatic amines is 1. The predicted molar refractivity (Wildman–Crippen MR) is 96.6 cm³/mol. The molecular weight excluding hydrogens is 354 g/mol. The van der Waals surface area contributed by atoms with E-state index in [1.807, 2.05) is 25.1 Å². The minimum Gasteiger partial charge on any atom is -0.486 e. The van der Waals surface area contributed by atoms with Crippen molar-refractivity contribution < 1.29 is 17.9 Å². The molecule has 0 amide bonds. The van der Waals surface area contributed by atoms with E-state index in [4.69, 9.17) is 14.6 Å². The van der Waals surface area contributed by atoms with Crippen LogP contribution in [0.5, 0.6) is 11.5 Å². The van der Waals surface area contributed by atoms with Crippen LogP contribution in [0, 0.1) is 6.92 Å². The monoisotopic (exact) mass is 371 g/mol. The highest BCUT2D eigenvalue weighted by Crippen LogP contribution is 2.39. The predicted octanol–water partition coefficient (Wildman–Crippen LogP) is 2.47. The Morgan fingerprint density at radius 1 is 1.00 bits per heavy atom. The van der Waals surface area contributed by atoms with Gasteiger partial charge >= 0.3 is 0 Å². The molecule has 3 N–H and O–H groups in total. The van der Waals surface area contributed by atoms with Crippen LogP contribution >= 0.6 is 0 Å². The first-order valence-electron chi connectivity index (χ1n) is 8.02. The quantitative estimate of drug-likeness (QED) is 0.735. The Morgan fingerprint density at radius 2 is 1.65 bits per heavy atom. The highest BCUT2D eigenvalue weighted by molar-refractivity contribution is 7.89. The highest BCUT2D eigenvalue weighted by atomic mass is 32.2. The number of nitrogens with one attached hydrogen (secondary N) is 1. The fourth-order valence-electron chi connectivity index (χ4n) is 2.99. The number of H-pyrrole nitrogens is 1. The molecule has 8 heteroatoms. The fraction of sp³-hybridized carbons (Fsp3) is 0.167. The fourth-order valence-corrected chi connectivity index (χ4v) is 3.51. The van der Waals surface area contributed by atoms with Crippen molar-refractivity contribution in [2.75, 3.05) is 13.2 Å². The van der Waals surface area contributed by atoms with E-state index in [0.717, 1.165) is 33.8 Å². The van der Waals surface area contributed by atoms with Gasteiger partial charge in [0.2, 0.25) is 10.0 Å². The minimum atomic E-state index is -3.73. The molecule has 1 aliphatic rings. The topological polar surface area (TPSA) is 107 Å². The third kappa shape index (κ3) is 2.93. The summed E-state index contributed by atoms with van der Waals surface area (Å²) in [5.41, 5.74) is 4.26. The Morgan fingerprint density at radius 3 is 2.35 bits per heavy atom. The van der Waals surface area contributed by atoms with E-state index < -0.39 is 10.0 Å². The van der Waals surface area contributed by atoms with Gasteiger partial charge in [0.1, 0.15) is 18.9 Å². The number of sulfonamides is 1. The van der Waals surface area contributed by atoms with Crippen LogP contribution < -0.4 is 14.6 Å². The van der Waals surface area contributed by atoms with Crippen LogP contribution in [-0.4, -0.2) is 31.8 Å². The number of nitrogens with zero attached hydrogens (tertiary/aromatic N) is 1. The summed E-state index contributed by atoms with van der Waals surface area (Å²) >= 11 is 0. The number of hydrogen-bond donors (Lipinski definition) is 2. The van der Waals surface area contributed by atoms with Gasteiger partial charge in [-0.15, -0.1) is 0 Å². The second kappa shape index (κ2) is 6.15. The van der Waals surface area contributed by atoms with Gasteiger partial charge in [-0.05, 0) is 36.8 Å². The lowest BCUT2D eigenvalue weighted by Crippen LogP contribution is -2.15. The Hall–Kier alpha value is -2.84. The van der Waals surface area contributed by atoms with Crippen molar-refractivity contribution in [1.82, 2.24) is 10.2 Å². The molecule has 7 nitrogen and oxygen atoms in total. The zero-order chi connectivity index (χ0) is 18.3. The van der Waals surface area contributed by atoms with Crippen LogP contribution in [0.15, 0.2) is 47.4 Å². The average molecular weight is 371 g/mol. The van der Waals surface area contributed by atoms with Gasteiger partial charge in [-0.2, -0.15) is 5.10 Å². The first-order valence-corrected chi connectivity index (χ1v) is 9.56. The molecule has 0 bridgehead atoms. The number of nitrogens with two attached hydrogens (primary N) is 1. The maximum atomic E-state index is 11.4. The van der Waals surface area contributed by atoms with Crippen LogP contribution in [0.2, 0.25) is 0 Å². The van der Waals surface area contributed by atoms with Gasteiger partial charge in [0, 0.05) is 16.8 Å². The Bertz CT molecular complexity index is 1070. The average Bonchev–Trinajstić information content (AvgIpc) is 3.02. The maximum absolute atomic E-state index is 11.4. The van der Waals surface area contributed by atoms with Crippen LogP contribution in [-0.2, 0) is 10.0 Å². The molecule has 1 aliphatic heterocycles. The maximum Gasteiger partial charge on any atom is 0.238 e. The van der Waals surface area contributed by atoms with E-state index in [2.05, 4.69) is 10.2 Å². The summed E-state index contributed by atoms with van der Waals surface area (Å²) in [6, 6.07) is 12.1. The molecule has 2 aromatic carbocycles. The Balaban J connectivity index is 1.79. The van der Waals surface area contributed by atoms with Gasteiger partial charge in [0.05, 0.1) is 4.90 Å². The zero-order valence-corrected chi connectivity index (χ0v) is 14.8. The highest BCUT2D eigenvalue weighted by Gasteiger charge is 2.18. The normalized spacial score (nSPS) is 13.6. The van der Waals surface area contributed by atoms with Crippen molar-refractivity contribution in [1.29, 1.82) is 0 Å². The minimum absolute atomic E-state index is 0.0642. The second-order valence-corrected chi connectivity index (χ2v) is 7.56. The molecule has 0 atom stereocenters. The molecule has 0 aliphatic carbocycles. The largest absolute Gasteiger partial charge is 0.486 e. The molecule has 1 aromatic heterocycles. The van der Waals surface area contributed by atoms with Crippen molar-refractivity contribution in [2.24, 2.45) is 5.14 Å². The van der Waals surface area contributed by atoms with Gasteiger partial charge < -0.3 is 9.47 Å². The third-order valence-electron chi connectivity index (χ3n) is 4.23. The number of rotatable bonds is 3. The molecule has 0 radical (unpaired) electrons. The van der Waals surface area contributed by atoms with E-state index in [1.165, 1.54) is 12.1 Å². The number of fused-ring (bicyclic) bond motifs is 1. The van der Waals surface area contributed by atoms with Crippen molar-refractivity contribution >= 4 is 10.0 Å². The molecule has 4 rings (SSSR count). The lowest BCUT2D eigenvalue weighted by Gasteiger charge is -2.19.